The van der Waals surface area contributed by atoms with Crippen LogP contribution in [-0.2, 0) is 9.59 Å². The Hall–Kier alpha value is -1.59. The Bertz CT molecular complexity index is 406. The standard InChI is InChI=1S/C13H21N3O3/c1-3-9(4-2)10(17)16-7-5-6-13(8-16)11(18)14-12(19)15-13/h9H,3-8H2,1-2H3,(H2,14,15,18,19). The molecule has 2 aliphatic rings. The number of likely N-dealkylation sites (tertiary alicyclic amines) is 1. The molecule has 0 saturated carbocycles. The second kappa shape index (κ2) is 5.19. The second-order valence-electron chi connectivity index (χ2n) is 5.37. The maximum absolute atomic E-state index is 12.4. The molecule has 6 nitrogen and oxygen atoms in total. The number of nitrogens with one attached hydrogen (secondary N) is 2. The molecule has 0 aliphatic carbocycles. The highest BCUT2D eigenvalue weighted by atomic mass is 16.2. The van der Waals surface area contributed by atoms with Crippen LogP contribution in [0.3, 0.4) is 0 Å². The third kappa shape index (κ3) is 2.43. The van der Waals surface area contributed by atoms with Crippen LogP contribution >= 0.6 is 0 Å². The zero-order chi connectivity index (χ0) is 14.0. The highest BCUT2D eigenvalue weighted by Crippen LogP contribution is 2.26. The van der Waals surface area contributed by atoms with Crippen molar-refractivity contribution in [2.75, 3.05) is 13.1 Å². The largest absolute Gasteiger partial charge is 0.340 e. The summed E-state index contributed by atoms with van der Waals surface area (Å²) in [6.45, 7) is 4.95. The molecular formula is C13H21N3O3. The van der Waals surface area contributed by atoms with E-state index in [9.17, 15) is 14.4 Å². The first-order valence-electron chi connectivity index (χ1n) is 6.94. The molecule has 2 aliphatic heterocycles. The van der Waals surface area contributed by atoms with Gasteiger partial charge in [0.15, 0.2) is 0 Å². The van der Waals surface area contributed by atoms with Gasteiger partial charge in [-0.1, -0.05) is 13.8 Å². The Morgan fingerprint density at radius 1 is 1.37 bits per heavy atom. The Kier molecular flexibility index (Phi) is 3.78. The van der Waals surface area contributed by atoms with Crippen LogP contribution in [-0.4, -0.2) is 41.4 Å². The van der Waals surface area contributed by atoms with E-state index < -0.39 is 11.6 Å². The van der Waals surface area contributed by atoms with Crippen molar-refractivity contribution < 1.29 is 14.4 Å². The van der Waals surface area contributed by atoms with Gasteiger partial charge in [0.2, 0.25) is 5.91 Å². The fourth-order valence-electron chi connectivity index (χ4n) is 2.96. The average molecular weight is 267 g/mol. The zero-order valence-electron chi connectivity index (χ0n) is 11.5. The Balaban J connectivity index is 2.11. The van der Waals surface area contributed by atoms with E-state index in [-0.39, 0.29) is 17.7 Å². The molecule has 0 aromatic rings. The lowest BCUT2D eigenvalue weighted by molar-refractivity contribution is -0.140. The van der Waals surface area contributed by atoms with Crippen molar-refractivity contribution >= 4 is 17.8 Å². The summed E-state index contributed by atoms with van der Waals surface area (Å²) in [5, 5.41) is 4.95. The summed E-state index contributed by atoms with van der Waals surface area (Å²) in [7, 11) is 0. The number of urea groups is 1. The quantitative estimate of drug-likeness (QED) is 0.736. The van der Waals surface area contributed by atoms with Gasteiger partial charge in [-0.25, -0.2) is 4.79 Å². The second-order valence-corrected chi connectivity index (χ2v) is 5.37. The fraction of sp³-hybridized carbons (Fsp3) is 0.769. The molecule has 2 rings (SSSR count). The van der Waals surface area contributed by atoms with E-state index in [4.69, 9.17) is 0 Å². The molecule has 4 amide bonds. The summed E-state index contributed by atoms with van der Waals surface area (Å²) in [4.78, 5) is 37.3. The van der Waals surface area contributed by atoms with Crippen molar-refractivity contribution in [1.82, 2.24) is 15.5 Å². The zero-order valence-corrected chi connectivity index (χ0v) is 11.5. The fourth-order valence-corrected chi connectivity index (χ4v) is 2.96. The molecule has 19 heavy (non-hydrogen) atoms. The number of hydrogen-bond acceptors (Lipinski definition) is 3. The lowest BCUT2D eigenvalue weighted by Crippen LogP contribution is -2.60. The van der Waals surface area contributed by atoms with Gasteiger partial charge in [-0.15, -0.1) is 0 Å². The summed E-state index contributed by atoms with van der Waals surface area (Å²) in [5.74, 6) is -0.201. The minimum Gasteiger partial charge on any atom is -0.340 e. The summed E-state index contributed by atoms with van der Waals surface area (Å²) < 4.78 is 0. The first-order valence-corrected chi connectivity index (χ1v) is 6.94. The minimum absolute atomic E-state index is 0.00955. The Morgan fingerprint density at radius 2 is 2.05 bits per heavy atom. The number of imide groups is 1. The molecule has 1 spiro atoms. The predicted octanol–water partition coefficient (Wildman–Crippen LogP) is 0.623. The first kappa shape index (κ1) is 13.8. The predicted molar refractivity (Wildman–Crippen MR) is 69.3 cm³/mol. The van der Waals surface area contributed by atoms with Crippen molar-refractivity contribution in [1.29, 1.82) is 0 Å². The third-order valence-electron chi connectivity index (χ3n) is 4.15. The smallest absolute Gasteiger partial charge is 0.322 e. The molecule has 6 heteroatoms. The lowest BCUT2D eigenvalue weighted by atomic mass is 9.88. The highest BCUT2D eigenvalue weighted by Gasteiger charge is 2.49. The monoisotopic (exact) mass is 267 g/mol. The number of rotatable bonds is 3. The first-order chi connectivity index (χ1) is 9.02. The van der Waals surface area contributed by atoms with Crippen molar-refractivity contribution in [2.24, 2.45) is 5.92 Å². The van der Waals surface area contributed by atoms with Gasteiger partial charge in [-0.3, -0.25) is 14.9 Å². The van der Waals surface area contributed by atoms with Crippen molar-refractivity contribution in [2.45, 2.75) is 45.1 Å². The number of hydrogen-bond donors (Lipinski definition) is 2. The van der Waals surface area contributed by atoms with Crippen molar-refractivity contribution in [3.05, 3.63) is 0 Å². The van der Waals surface area contributed by atoms with Crippen LogP contribution in [0.1, 0.15) is 39.5 Å². The van der Waals surface area contributed by atoms with Crippen LogP contribution in [0.25, 0.3) is 0 Å². The van der Waals surface area contributed by atoms with Gasteiger partial charge in [-0.05, 0) is 25.7 Å². The van der Waals surface area contributed by atoms with E-state index >= 15 is 0 Å². The third-order valence-corrected chi connectivity index (χ3v) is 4.15. The molecule has 106 valence electrons. The molecule has 0 bridgehead atoms. The van der Waals surface area contributed by atoms with Gasteiger partial charge in [0, 0.05) is 12.5 Å². The van der Waals surface area contributed by atoms with Gasteiger partial charge < -0.3 is 10.2 Å². The number of piperidine rings is 1. The topological polar surface area (TPSA) is 78.5 Å². The summed E-state index contributed by atoms with van der Waals surface area (Å²) in [6.07, 6.45) is 2.94. The van der Waals surface area contributed by atoms with Crippen molar-refractivity contribution in [3.63, 3.8) is 0 Å². The van der Waals surface area contributed by atoms with E-state index in [0.29, 0.717) is 19.5 Å². The SMILES string of the molecule is CCC(CC)C(=O)N1CCCC2(C1)NC(=O)NC2=O. The Morgan fingerprint density at radius 3 is 2.58 bits per heavy atom. The molecule has 1 atom stereocenters. The normalized spacial score (nSPS) is 26.8. The van der Waals surface area contributed by atoms with E-state index in [2.05, 4.69) is 10.6 Å². The summed E-state index contributed by atoms with van der Waals surface area (Å²) >= 11 is 0. The molecule has 0 aromatic heterocycles. The Labute approximate surface area is 112 Å². The van der Waals surface area contributed by atoms with Gasteiger partial charge in [0.1, 0.15) is 5.54 Å². The number of nitrogens with zero attached hydrogens (tertiary/aromatic N) is 1. The molecular weight excluding hydrogens is 246 g/mol. The minimum atomic E-state index is -0.906. The van der Waals surface area contributed by atoms with E-state index in [1.165, 1.54) is 0 Å². The number of amides is 4. The molecule has 2 saturated heterocycles. The van der Waals surface area contributed by atoms with Gasteiger partial charge >= 0.3 is 6.03 Å². The maximum Gasteiger partial charge on any atom is 0.322 e. The van der Waals surface area contributed by atoms with Crippen LogP contribution in [0.5, 0.6) is 0 Å². The van der Waals surface area contributed by atoms with Crippen molar-refractivity contribution in [3.8, 4) is 0 Å². The van der Waals surface area contributed by atoms with Crippen LogP contribution in [0.15, 0.2) is 0 Å². The molecule has 2 fully saturated rings. The van der Waals surface area contributed by atoms with Gasteiger partial charge in [0.05, 0.1) is 6.54 Å². The summed E-state index contributed by atoms with van der Waals surface area (Å²) in [5.41, 5.74) is -0.906. The molecule has 0 aromatic carbocycles. The number of carbonyl (C=O) groups is 3. The van der Waals surface area contributed by atoms with Crippen LogP contribution in [0.4, 0.5) is 4.79 Å². The van der Waals surface area contributed by atoms with E-state index in [1.54, 1.807) is 4.90 Å². The molecule has 0 radical (unpaired) electrons. The number of carbonyl (C=O) groups excluding carboxylic acids is 3. The van der Waals surface area contributed by atoms with Gasteiger partial charge in [0.25, 0.3) is 5.91 Å². The highest BCUT2D eigenvalue weighted by molar-refractivity contribution is 6.07. The van der Waals surface area contributed by atoms with E-state index in [0.717, 1.165) is 19.3 Å². The van der Waals surface area contributed by atoms with E-state index in [1.807, 2.05) is 13.8 Å². The molecule has 1 unspecified atom stereocenters. The molecule has 2 N–H and O–H groups in total. The van der Waals surface area contributed by atoms with Crippen LogP contribution in [0.2, 0.25) is 0 Å². The van der Waals surface area contributed by atoms with Gasteiger partial charge in [-0.2, -0.15) is 0 Å². The maximum atomic E-state index is 12.4. The average Bonchev–Trinajstić information content (AvgIpc) is 2.65. The summed E-state index contributed by atoms with van der Waals surface area (Å²) in [6, 6.07) is -0.457. The lowest BCUT2D eigenvalue weighted by Gasteiger charge is -2.39. The molecule has 2 heterocycles. The van der Waals surface area contributed by atoms with Crippen LogP contribution in [0, 0.1) is 5.92 Å². The van der Waals surface area contributed by atoms with Crippen LogP contribution < -0.4 is 10.6 Å².